The Bertz CT molecular complexity index is 1460. The summed E-state index contributed by atoms with van der Waals surface area (Å²) in [5, 5.41) is 21.1. The lowest BCUT2D eigenvalue weighted by Crippen LogP contribution is -2.30. The largest absolute Gasteiger partial charge is 0.501 e. The quantitative estimate of drug-likeness (QED) is 0.414. The molecule has 0 spiro atoms. The van der Waals surface area contributed by atoms with Gasteiger partial charge in [-0.15, -0.1) is 0 Å². The molecule has 0 saturated carbocycles. The summed E-state index contributed by atoms with van der Waals surface area (Å²) in [5.74, 6) is -3.15. The van der Waals surface area contributed by atoms with E-state index < -0.39 is 40.6 Å². The molecule has 0 radical (unpaired) electrons. The van der Waals surface area contributed by atoms with E-state index in [0.29, 0.717) is 16.3 Å². The zero-order valence-electron chi connectivity index (χ0n) is 19.3. The number of hydrogen-bond acceptors (Lipinski definition) is 7. The molecule has 0 aliphatic heterocycles. The SMILES string of the molecule is Cc1cc([C@@H](c2cc(F)ccc2Cl)[C@@H](C)c2nc(C(=O)Nc3cnoc3)c(O)c(=O)n2C)n(C)n1. The van der Waals surface area contributed by atoms with Crippen LogP contribution >= 0.6 is 11.6 Å². The van der Waals surface area contributed by atoms with Crippen LogP contribution in [0.15, 0.2) is 46.0 Å². The number of anilines is 1. The van der Waals surface area contributed by atoms with Gasteiger partial charge in [0.15, 0.2) is 5.69 Å². The molecule has 0 bridgehead atoms. The Morgan fingerprint density at radius 1 is 1.29 bits per heavy atom. The molecular weight excluding hydrogens is 479 g/mol. The Labute approximate surface area is 204 Å². The Balaban J connectivity index is 1.88. The van der Waals surface area contributed by atoms with Gasteiger partial charge in [0.05, 0.1) is 11.9 Å². The molecule has 3 heterocycles. The fourth-order valence-corrected chi connectivity index (χ4v) is 4.37. The van der Waals surface area contributed by atoms with Gasteiger partial charge in [-0.2, -0.15) is 5.10 Å². The highest BCUT2D eigenvalue weighted by Crippen LogP contribution is 2.41. The summed E-state index contributed by atoms with van der Waals surface area (Å²) in [6.07, 6.45) is 2.44. The van der Waals surface area contributed by atoms with Crippen LogP contribution in [0.4, 0.5) is 10.1 Å². The number of amides is 1. The van der Waals surface area contributed by atoms with Crippen molar-refractivity contribution in [1.29, 1.82) is 0 Å². The molecule has 182 valence electrons. The van der Waals surface area contributed by atoms with Gasteiger partial charge in [-0.05, 0) is 36.8 Å². The van der Waals surface area contributed by atoms with Crippen molar-refractivity contribution in [2.24, 2.45) is 14.1 Å². The second kappa shape index (κ2) is 9.34. The standard InChI is InChI=1S/C23H22ClFN6O4/c1-11-7-17(31(4)29-11)18(15-8-13(25)5-6-16(15)24)12(2)21-28-19(20(32)23(34)30(21)3)22(33)27-14-9-26-35-10-14/h5-10,12,18,32H,1-4H3,(H,27,33)/t12-,18-/m1/s1. The number of nitrogens with zero attached hydrogens (tertiary/aromatic N) is 5. The van der Waals surface area contributed by atoms with Crippen LogP contribution in [-0.4, -0.2) is 35.5 Å². The van der Waals surface area contributed by atoms with E-state index in [0.717, 1.165) is 10.3 Å². The van der Waals surface area contributed by atoms with E-state index in [1.165, 1.54) is 37.7 Å². The van der Waals surface area contributed by atoms with E-state index in [2.05, 4.69) is 25.1 Å². The number of benzene rings is 1. The molecular formula is C23H22ClFN6O4. The fourth-order valence-electron chi connectivity index (χ4n) is 4.14. The zero-order valence-corrected chi connectivity index (χ0v) is 20.0. The van der Waals surface area contributed by atoms with E-state index in [1.807, 2.05) is 13.0 Å². The predicted molar refractivity (Wildman–Crippen MR) is 125 cm³/mol. The molecule has 1 aromatic carbocycles. The van der Waals surface area contributed by atoms with Gasteiger partial charge in [-0.25, -0.2) is 9.37 Å². The summed E-state index contributed by atoms with van der Waals surface area (Å²) >= 11 is 6.48. The third-order valence-electron chi connectivity index (χ3n) is 5.76. The van der Waals surface area contributed by atoms with Crippen molar-refractivity contribution < 1.29 is 18.8 Å². The highest BCUT2D eigenvalue weighted by molar-refractivity contribution is 6.31. The van der Waals surface area contributed by atoms with Gasteiger partial charge < -0.3 is 14.9 Å². The maximum Gasteiger partial charge on any atom is 0.296 e. The van der Waals surface area contributed by atoms with Crippen molar-refractivity contribution in [2.45, 2.75) is 25.7 Å². The molecule has 3 aromatic heterocycles. The number of carbonyl (C=O) groups excluding carboxylic acids is 1. The van der Waals surface area contributed by atoms with Crippen molar-refractivity contribution in [2.75, 3.05) is 5.32 Å². The fraction of sp³-hybridized carbons (Fsp3) is 0.261. The predicted octanol–water partition coefficient (Wildman–Crippen LogP) is 3.50. The molecule has 2 N–H and O–H groups in total. The first-order chi connectivity index (χ1) is 16.6. The lowest BCUT2D eigenvalue weighted by atomic mass is 9.83. The van der Waals surface area contributed by atoms with Crippen LogP contribution in [0.3, 0.4) is 0 Å². The topological polar surface area (TPSA) is 128 Å². The summed E-state index contributed by atoms with van der Waals surface area (Å²) in [6, 6.07) is 5.87. The van der Waals surface area contributed by atoms with Gasteiger partial charge >= 0.3 is 0 Å². The van der Waals surface area contributed by atoms with Crippen molar-refractivity contribution in [1.82, 2.24) is 24.5 Å². The third-order valence-corrected chi connectivity index (χ3v) is 6.11. The van der Waals surface area contributed by atoms with Gasteiger partial charge in [-0.1, -0.05) is 23.7 Å². The monoisotopic (exact) mass is 500 g/mol. The molecule has 1 amide bonds. The second-order valence-electron chi connectivity index (χ2n) is 8.16. The minimum Gasteiger partial charge on any atom is -0.501 e. The first kappa shape index (κ1) is 24.1. The normalized spacial score (nSPS) is 13.0. The molecule has 0 unspecified atom stereocenters. The van der Waals surface area contributed by atoms with Gasteiger partial charge in [0.2, 0.25) is 5.75 Å². The summed E-state index contributed by atoms with van der Waals surface area (Å²) in [5.41, 5.74) is 0.819. The Morgan fingerprint density at radius 3 is 2.66 bits per heavy atom. The number of aromatic nitrogens is 5. The molecule has 12 heteroatoms. The Hall–Kier alpha value is -3.99. The van der Waals surface area contributed by atoms with Gasteiger partial charge in [0.1, 0.15) is 23.6 Å². The lowest BCUT2D eigenvalue weighted by Gasteiger charge is -2.27. The van der Waals surface area contributed by atoms with Crippen LogP contribution < -0.4 is 10.9 Å². The molecule has 0 fully saturated rings. The maximum absolute atomic E-state index is 14.3. The molecule has 0 aliphatic rings. The molecule has 10 nitrogen and oxygen atoms in total. The molecule has 4 rings (SSSR count). The highest BCUT2D eigenvalue weighted by Gasteiger charge is 2.32. The molecule has 0 saturated heterocycles. The van der Waals surface area contributed by atoms with E-state index in [4.69, 9.17) is 11.6 Å². The number of aromatic hydroxyl groups is 1. The van der Waals surface area contributed by atoms with Crippen LogP contribution in [0, 0.1) is 12.7 Å². The summed E-state index contributed by atoms with van der Waals surface area (Å²) < 4.78 is 21.8. The smallest absolute Gasteiger partial charge is 0.296 e. The second-order valence-corrected chi connectivity index (χ2v) is 8.57. The van der Waals surface area contributed by atoms with E-state index in [9.17, 15) is 19.1 Å². The summed E-state index contributed by atoms with van der Waals surface area (Å²) in [7, 11) is 3.18. The minimum atomic E-state index is -0.825. The average molecular weight is 501 g/mol. The highest BCUT2D eigenvalue weighted by atomic mass is 35.5. The van der Waals surface area contributed by atoms with Crippen LogP contribution in [0.25, 0.3) is 0 Å². The van der Waals surface area contributed by atoms with E-state index >= 15 is 0 Å². The third kappa shape index (κ3) is 4.54. The van der Waals surface area contributed by atoms with Crippen molar-refractivity contribution in [3.05, 3.63) is 86.4 Å². The first-order valence-electron chi connectivity index (χ1n) is 10.5. The lowest BCUT2D eigenvalue weighted by molar-refractivity contribution is 0.101. The van der Waals surface area contributed by atoms with E-state index in [-0.39, 0.29) is 11.5 Å². The minimum absolute atomic E-state index is 0.174. The van der Waals surface area contributed by atoms with Gasteiger partial charge in [0.25, 0.3) is 11.5 Å². The zero-order chi connectivity index (χ0) is 25.4. The number of carbonyl (C=O) groups is 1. The number of rotatable bonds is 6. The van der Waals surface area contributed by atoms with Crippen LogP contribution in [0.5, 0.6) is 5.75 Å². The number of halogens is 2. The van der Waals surface area contributed by atoms with Crippen LogP contribution in [0.1, 0.15) is 52.0 Å². The van der Waals surface area contributed by atoms with Crippen molar-refractivity contribution >= 4 is 23.2 Å². The Morgan fingerprint density at radius 2 is 2.03 bits per heavy atom. The maximum atomic E-state index is 14.3. The van der Waals surface area contributed by atoms with Crippen molar-refractivity contribution in [3.63, 3.8) is 0 Å². The number of nitrogens with one attached hydrogen (secondary N) is 1. The Kier molecular flexibility index (Phi) is 6.44. The summed E-state index contributed by atoms with van der Waals surface area (Å²) in [6.45, 7) is 3.59. The molecule has 4 aromatic rings. The van der Waals surface area contributed by atoms with Crippen LogP contribution in [0.2, 0.25) is 5.02 Å². The first-order valence-corrected chi connectivity index (χ1v) is 10.9. The number of hydrogen-bond donors (Lipinski definition) is 2. The average Bonchev–Trinajstić information content (AvgIpc) is 3.43. The van der Waals surface area contributed by atoms with Crippen LogP contribution in [-0.2, 0) is 14.1 Å². The van der Waals surface area contributed by atoms with Gasteiger partial charge in [0, 0.05) is 36.6 Å². The van der Waals surface area contributed by atoms with E-state index in [1.54, 1.807) is 18.7 Å². The van der Waals surface area contributed by atoms with Crippen molar-refractivity contribution in [3.8, 4) is 5.75 Å². The molecule has 2 atom stereocenters. The molecule has 0 aliphatic carbocycles. The molecule has 35 heavy (non-hydrogen) atoms. The number of aryl methyl sites for hydroxylation is 2. The van der Waals surface area contributed by atoms with Gasteiger partial charge in [-0.3, -0.25) is 18.8 Å². The summed E-state index contributed by atoms with van der Waals surface area (Å²) in [4.78, 5) is 30.0.